The Hall–Kier alpha value is -2.09. The SMILES string of the molecule is CCC1CC=CC=C1C1=CCCc2ccc(C(=O)O)cc21. The summed E-state index contributed by atoms with van der Waals surface area (Å²) in [5.74, 6) is -0.312. The number of hydrogen-bond acceptors (Lipinski definition) is 1. The molecule has 2 nitrogen and oxygen atoms in total. The van der Waals surface area contributed by atoms with Crippen LogP contribution in [-0.4, -0.2) is 11.1 Å². The topological polar surface area (TPSA) is 37.3 Å². The summed E-state index contributed by atoms with van der Waals surface area (Å²) in [6.45, 7) is 2.22. The Balaban J connectivity index is 2.07. The molecular weight excluding hydrogens is 260 g/mol. The zero-order chi connectivity index (χ0) is 14.8. The van der Waals surface area contributed by atoms with Crippen molar-refractivity contribution in [2.75, 3.05) is 0 Å². The zero-order valence-corrected chi connectivity index (χ0v) is 12.3. The van der Waals surface area contributed by atoms with Crippen LogP contribution in [0.3, 0.4) is 0 Å². The Morgan fingerprint density at radius 2 is 2.24 bits per heavy atom. The molecule has 0 aromatic heterocycles. The van der Waals surface area contributed by atoms with Crippen LogP contribution in [0.4, 0.5) is 0 Å². The van der Waals surface area contributed by atoms with E-state index in [1.165, 1.54) is 16.7 Å². The van der Waals surface area contributed by atoms with Crippen molar-refractivity contribution in [3.8, 4) is 0 Å². The third-order valence-electron chi connectivity index (χ3n) is 4.49. The standard InChI is InChI=1S/C19H20O2/c1-2-13-6-3-4-8-16(13)17-9-5-7-14-10-11-15(19(20)21)12-18(14)17/h3-4,8-13H,2,5-7H2,1H3,(H,20,21). The Morgan fingerprint density at radius 3 is 3.00 bits per heavy atom. The molecule has 1 aromatic rings. The molecule has 0 aliphatic heterocycles. The molecule has 0 saturated heterocycles. The third kappa shape index (κ3) is 2.58. The van der Waals surface area contributed by atoms with Crippen molar-refractivity contribution in [3.05, 3.63) is 64.8 Å². The average Bonchev–Trinajstić information content (AvgIpc) is 2.53. The van der Waals surface area contributed by atoms with E-state index < -0.39 is 5.97 Å². The van der Waals surface area contributed by atoms with Crippen LogP contribution >= 0.6 is 0 Å². The molecule has 0 saturated carbocycles. The second-order valence-corrected chi connectivity index (χ2v) is 5.72. The van der Waals surface area contributed by atoms with Gasteiger partial charge in [0.1, 0.15) is 0 Å². The molecule has 1 N–H and O–H groups in total. The van der Waals surface area contributed by atoms with E-state index in [0.717, 1.165) is 31.2 Å². The number of benzene rings is 1. The first-order chi connectivity index (χ1) is 10.2. The quantitative estimate of drug-likeness (QED) is 0.876. The number of carbonyl (C=O) groups is 1. The van der Waals surface area contributed by atoms with Crippen molar-refractivity contribution >= 4 is 11.5 Å². The zero-order valence-electron chi connectivity index (χ0n) is 12.3. The summed E-state index contributed by atoms with van der Waals surface area (Å²) in [4.78, 5) is 11.2. The van der Waals surface area contributed by atoms with Crippen molar-refractivity contribution in [3.63, 3.8) is 0 Å². The predicted octanol–water partition coefficient (Wildman–Crippen LogP) is 4.63. The lowest BCUT2D eigenvalue weighted by Gasteiger charge is -2.27. The molecule has 0 bridgehead atoms. The fourth-order valence-electron chi connectivity index (χ4n) is 3.31. The van der Waals surface area contributed by atoms with Gasteiger partial charge in [-0.2, -0.15) is 0 Å². The van der Waals surface area contributed by atoms with Crippen molar-refractivity contribution in [2.24, 2.45) is 5.92 Å². The number of carboxylic acids is 1. The van der Waals surface area contributed by atoms with Crippen LogP contribution in [0.5, 0.6) is 0 Å². The van der Waals surface area contributed by atoms with E-state index in [1.54, 1.807) is 6.07 Å². The van der Waals surface area contributed by atoms with Gasteiger partial charge in [0.15, 0.2) is 0 Å². The number of rotatable bonds is 3. The summed E-state index contributed by atoms with van der Waals surface area (Å²) >= 11 is 0. The highest BCUT2D eigenvalue weighted by molar-refractivity contribution is 5.91. The van der Waals surface area contributed by atoms with Gasteiger partial charge < -0.3 is 5.11 Å². The second-order valence-electron chi connectivity index (χ2n) is 5.72. The van der Waals surface area contributed by atoms with E-state index in [4.69, 9.17) is 0 Å². The Labute approximate surface area is 125 Å². The van der Waals surface area contributed by atoms with Crippen LogP contribution in [0, 0.1) is 5.92 Å². The number of aromatic carboxylic acids is 1. The molecular formula is C19H20O2. The maximum atomic E-state index is 11.2. The molecule has 0 amide bonds. The molecule has 0 fully saturated rings. The van der Waals surface area contributed by atoms with Crippen LogP contribution in [0.2, 0.25) is 0 Å². The summed E-state index contributed by atoms with van der Waals surface area (Å²) in [6, 6.07) is 5.54. The highest BCUT2D eigenvalue weighted by atomic mass is 16.4. The van der Waals surface area contributed by atoms with Gasteiger partial charge in [-0.15, -0.1) is 0 Å². The van der Waals surface area contributed by atoms with Gasteiger partial charge in [0.05, 0.1) is 5.56 Å². The highest BCUT2D eigenvalue weighted by Gasteiger charge is 2.22. The van der Waals surface area contributed by atoms with E-state index in [9.17, 15) is 9.90 Å². The van der Waals surface area contributed by atoms with Gasteiger partial charge >= 0.3 is 5.97 Å². The molecule has 0 spiro atoms. The monoisotopic (exact) mass is 280 g/mol. The number of aryl methyl sites for hydroxylation is 1. The van der Waals surface area contributed by atoms with Gasteiger partial charge in [0, 0.05) is 0 Å². The number of fused-ring (bicyclic) bond motifs is 1. The average molecular weight is 280 g/mol. The van der Waals surface area contributed by atoms with Crippen LogP contribution in [0.1, 0.15) is 47.7 Å². The first kappa shape index (κ1) is 13.9. The fraction of sp³-hybridized carbons (Fsp3) is 0.316. The highest BCUT2D eigenvalue weighted by Crippen LogP contribution is 2.39. The smallest absolute Gasteiger partial charge is 0.335 e. The summed E-state index contributed by atoms with van der Waals surface area (Å²) < 4.78 is 0. The molecule has 2 heteroatoms. The van der Waals surface area contributed by atoms with E-state index in [-0.39, 0.29) is 0 Å². The third-order valence-corrected chi connectivity index (χ3v) is 4.49. The van der Waals surface area contributed by atoms with Crippen LogP contribution in [0.25, 0.3) is 5.57 Å². The van der Waals surface area contributed by atoms with E-state index >= 15 is 0 Å². The molecule has 108 valence electrons. The van der Waals surface area contributed by atoms with Crippen LogP contribution in [-0.2, 0) is 6.42 Å². The predicted molar refractivity (Wildman–Crippen MR) is 85.3 cm³/mol. The molecule has 1 unspecified atom stereocenters. The van der Waals surface area contributed by atoms with Gasteiger partial charge in [0.25, 0.3) is 0 Å². The van der Waals surface area contributed by atoms with Crippen molar-refractivity contribution < 1.29 is 9.90 Å². The lowest BCUT2D eigenvalue weighted by atomic mass is 9.78. The van der Waals surface area contributed by atoms with E-state index in [2.05, 4.69) is 31.2 Å². The molecule has 3 rings (SSSR count). The van der Waals surface area contributed by atoms with Crippen LogP contribution in [0.15, 0.2) is 48.1 Å². The first-order valence-corrected chi connectivity index (χ1v) is 7.64. The first-order valence-electron chi connectivity index (χ1n) is 7.64. The summed E-state index contributed by atoms with van der Waals surface area (Å²) in [7, 11) is 0. The van der Waals surface area contributed by atoms with Crippen molar-refractivity contribution in [1.82, 2.24) is 0 Å². The minimum atomic E-state index is -0.854. The molecule has 0 radical (unpaired) electrons. The van der Waals surface area contributed by atoms with E-state index in [1.807, 2.05) is 12.1 Å². The largest absolute Gasteiger partial charge is 0.478 e. The molecule has 0 heterocycles. The lowest BCUT2D eigenvalue weighted by Crippen LogP contribution is -2.11. The van der Waals surface area contributed by atoms with Gasteiger partial charge in [-0.1, -0.05) is 37.3 Å². The van der Waals surface area contributed by atoms with Crippen LogP contribution < -0.4 is 0 Å². The minimum absolute atomic E-state index is 0.376. The molecule has 1 aromatic carbocycles. The number of hydrogen-bond donors (Lipinski definition) is 1. The Morgan fingerprint density at radius 1 is 1.38 bits per heavy atom. The fourth-order valence-corrected chi connectivity index (χ4v) is 3.31. The van der Waals surface area contributed by atoms with Gasteiger partial charge in [-0.25, -0.2) is 4.79 Å². The molecule has 2 aliphatic carbocycles. The van der Waals surface area contributed by atoms with Gasteiger partial charge in [0.2, 0.25) is 0 Å². The maximum Gasteiger partial charge on any atom is 0.335 e. The Bertz CT molecular complexity index is 662. The van der Waals surface area contributed by atoms with E-state index in [0.29, 0.717) is 11.5 Å². The lowest BCUT2D eigenvalue weighted by molar-refractivity contribution is 0.0697. The summed E-state index contributed by atoms with van der Waals surface area (Å²) in [5.41, 5.74) is 5.37. The summed E-state index contributed by atoms with van der Waals surface area (Å²) in [6.07, 6.45) is 13.0. The molecule has 2 aliphatic rings. The Kier molecular flexibility index (Phi) is 3.78. The molecule has 21 heavy (non-hydrogen) atoms. The van der Waals surface area contributed by atoms with Gasteiger partial charge in [-0.3, -0.25) is 0 Å². The minimum Gasteiger partial charge on any atom is -0.478 e. The van der Waals surface area contributed by atoms with Crippen molar-refractivity contribution in [1.29, 1.82) is 0 Å². The summed E-state index contributed by atoms with van der Waals surface area (Å²) in [5, 5.41) is 9.24. The normalized spacial score (nSPS) is 20.5. The van der Waals surface area contributed by atoms with Gasteiger partial charge in [-0.05, 0) is 66.0 Å². The maximum absolute atomic E-state index is 11.2. The second kappa shape index (κ2) is 5.72. The van der Waals surface area contributed by atoms with Crippen molar-refractivity contribution in [2.45, 2.75) is 32.6 Å². The number of carboxylic acid groups (broad SMARTS) is 1. The molecule has 1 atom stereocenters. The number of allylic oxidation sites excluding steroid dienone is 6.